The summed E-state index contributed by atoms with van der Waals surface area (Å²) in [6.45, 7) is 6.31. The Hall–Kier alpha value is -1.08. The van der Waals surface area contributed by atoms with Gasteiger partial charge in [-0.05, 0) is 27.2 Å². The maximum atomic E-state index is 11.9. The van der Waals surface area contributed by atoms with E-state index in [-0.39, 0.29) is 12.1 Å². The van der Waals surface area contributed by atoms with E-state index in [0.29, 0.717) is 19.5 Å². The Bertz CT molecular complexity index is 396. The van der Waals surface area contributed by atoms with Gasteiger partial charge >= 0.3 is 6.18 Å². The van der Waals surface area contributed by atoms with Gasteiger partial charge in [0.15, 0.2) is 0 Å². The van der Waals surface area contributed by atoms with Gasteiger partial charge in [-0.3, -0.25) is 0 Å². The molecular formula is C13H22F3N3O. The molecule has 0 aliphatic carbocycles. The van der Waals surface area contributed by atoms with Crippen molar-refractivity contribution in [3.05, 3.63) is 18.2 Å². The van der Waals surface area contributed by atoms with Crippen molar-refractivity contribution in [3.63, 3.8) is 0 Å². The largest absolute Gasteiger partial charge is 0.411 e. The maximum absolute atomic E-state index is 11.9. The molecule has 1 rings (SSSR count). The summed E-state index contributed by atoms with van der Waals surface area (Å²) in [6.07, 6.45) is -0.217. The highest BCUT2D eigenvalue weighted by atomic mass is 19.4. The fourth-order valence-electron chi connectivity index (χ4n) is 1.58. The zero-order valence-electron chi connectivity index (χ0n) is 12.1. The normalized spacial score (nSPS) is 12.9. The third-order valence-electron chi connectivity index (χ3n) is 2.53. The molecule has 0 unspecified atom stereocenters. The van der Waals surface area contributed by atoms with Gasteiger partial charge in [0, 0.05) is 31.1 Å². The number of hydrogen-bond donors (Lipinski definition) is 1. The quantitative estimate of drug-likeness (QED) is 0.786. The topological polar surface area (TPSA) is 39.1 Å². The van der Waals surface area contributed by atoms with Crippen molar-refractivity contribution in [2.24, 2.45) is 0 Å². The van der Waals surface area contributed by atoms with Crippen LogP contribution in [0, 0.1) is 0 Å². The van der Waals surface area contributed by atoms with Crippen LogP contribution in [0.3, 0.4) is 0 Å². The Morgan fingerprint density at radius 1 is 1.30 bits per heavy atom. The highest BCUT2D eigenvalue weighted by Crippen LogP contribution is 2.14. The standard InChI is InChI=1S/C13H22F3N3O/c1-12(2,3)18-9-11-17-5-7-19(11)6-4-8-20-10-13(14,15)16/h5,7,18H,4,6,8-10H2,1-3H3. The van der Waals surface area contributed by atoms with E-state index in [2.05, 4.69) is 35.8 Å². The van der Waals surface area contributed by atoms with E-state index in [1.807, 2.05) is 10.8 Å². The number of nitrogens with zero attached hydrogens (tertiary/aromatic N) is 2. The van der Waals surface area contributed by atoms with E-state index in [1.54, 1.807) is 6.20 Å². The van der Waals surface area contributed by atoms with Gasteiger partial charge in [-0.15, -0.1) is 0 Å². The van der Waals surface area contributed by atoms with Crippen molar-refractivity contribution in [2.45, 2.75) is 52.0 Å². The van der Waals surface area contributed by atoms with Gasteiger partial charge in [0.1, 0.15) is 12.4 Å². The van der Waals surface area contributed by atoms with E-state index in [0.717, 1.165) is 5.82 Å². The van der Waals surface area contributed by atoms with Crippen LogP contribution in [0.4, 0.5) is 13.2 Å². The smallest absolute Gasteiger partial charge is 0.372 e. The summed E-state index contributed by atoms with van der Waals surface area (Å²) in [5.74, 6) is 0.871. The zero-order valence-corrected chi connectivity index (χ0v) is 12.1. The number of rotatable bonds is 7. The first-order valence-electron chi connectivity index (χ1n) is 6.57. The van der Waals surface area contributed by atoms with Crippen molar-refractivity contribution in [3.8, 4) is 0 Å². The lowest BCUT2D eigenvalue weighted by atomic mass is 10.1. The first-order valence-corrected chi connectivity index (χ1v) is 6.57. The average Bonchev–Trinajstić information content (AvgIpc) is 2.71. The molecular weight excluding hydrogens is 271 g/mol. The van der Waals surface area contributed by atoms with Crippen molar-refractivity contribution in [1.29, 1.82) is 0 Å². The van der Waals surface area contributed by atoms with Crippen molar-refractivity contribution >= 4 is 0 Å². The number of imidazole rings is 1. The molecule has 1 aromatic heterocycles. The van der Waals surface area contributed by atoms with E-state index < -0.39 is 12.8 Å². The predicted octanol–water partition coefficient (Wildman–Crippen LogP) is 2.74. The lowest BCUT2D eigenvalue weighted by molar-refractivity contribution is -0.174. The minimum Gasteiger partial charge on any atom is -0.372 e. The summed E-state index contributed by atoms with van der Waals surface area (Å²) in [4.78, 5) is 4.24. The first kappa shape index (κ1) is 17.0. The highest BCUT2D eigenvalue weighted by molar-refractivity contribution is 4.93. The van der Waals surface area contributed by atoms with Crippen LogP contribution < -0.4 is 5.32 Å². The number of halogens is 3. The number of ether oxygens (including phenoxy) is 1. The lowest BCUT2D eigenvalue weighted by Crippen LogP contribution is -2.36. The molecule has 0 spiro atoms. The molecule has 0 aliphatic heterocycles. The predicted molar refractivity (Wildman–Crippen MR) is 70.3 cm³/mol. The van der Waals surface area contributed by atoms with Crippen LogP contribution >= 0.6 is 0 Å². The monoisotopic (exact) mass is 293 g/mol. The molecule has 0 saturated heterocycles. The van der Waals surface area contributed by atoms with E-state index in [1.165, 1.54) is 0 Å². The third-order valence-corrected chi connectivity index (χ3v) is 2.53. The average molecular weight is 293 g/mol. The molecule has 0 aromatic carbocycles. The molecule has 0 aliphatic rings. The van der Waals surface area contributed by atoms with Crippen LogP contribution in [0.5, 0.6) is 0 Å². The van der Waals surface area contributed by atoms with Gasteiger partial charge in [-0.25, -0.2) is 4.98 Å². The van der Waals surface area contributed by atoms with Crippen LogP contribution in [0.1, 0.15) is 33.0 Å². The highest BCUT2D eigenvalue weighted by Gasteiger charge is 2.27. The maximum Gasteiger partial charge on any atom is 0.411 e. The molecule has 0 bridgehead atoms. The van der Waals surface area contributed by atoms with Gasteiger partial charge in [0.25, 0.3) is 0 Å². The minimum absolute atomic E-state index is 0.00734. The Balaban J connectivity index is 2.29. The molecule has 1 heterocycles. The van der Waals surface area contributed by atoms with Crippen LogP contribution in [0.15, 0.2) is 12.4 Å². The number of nitrogens with one attached hydrogen (secondary N) is 1. The number of alkyl halides is 3. The van der Waals surface area contributed by atoms with E-state index in [9.17, 15) is 13.2 Å². The van der Waals surface area contributed by atoms with Gasteiger partial charge in [0.2, 0.25) is 0 Å². The molecule has 1 aromatic rings. The molecule has 7 heteroatoms. The van der Waals surface area contributed by atoms with E-state index >= 15 is 0 Å². The second-order valence-electron chi connectivity index (χ2n) is 5.66. The molecule has 0 amide bonds. The molecule has 0 saturated carbocycles. The van der Waals surface area contributed by atoms with Crippen molar-refractivity contribution in [1.82, 2.24) is 14.9 Å². The zero-order chi connectivity index (χ0) is 15.2. The Kier molecular flexibility index (Phi) is 6.01. The lowest BCUT2D eigenvalue weighted by Gasteiger charge is -2.20. The van der Waals surface area contributed by atoms with Gasteiger partial charge in [-0.1, -0.05) is 0 Å². The fourth-order valence-corrected chi connectivity index (χ4v) is 1.58. The Labute approximate surface area is 117 Å². The number of aryl methyl sites for hydroxylation is 1. The van der Waals surface area contributed by atoms with Crippen LogP contribution in [0.25, 0.3) is 0 Å². The summed E-state index contributed by atoms with van der Waals surface area (Å²) in [5.41, 5.74) is -0.00734. The molecule has 0 fully saturated rings. The van der Waals surface area contributed by atoms with Gasteiger partial charge in [0.05, 0.1) is 6.54 Å². The summed E-state index contributed by atoms with van der Waals surface area (Å²) >= 11 is 0. The third kappa shape index (κ3) is 7.49. The molecule has 0 atom stereocenters. The van der Waals surface area contributed by atoms with Crippen LogP contribution in [-0.4, -0.2) is 34.5 Å². The summed E-state index contributed by atoms with van der Waals surface area (Å²) in [5, 5.41) is 3.32. The van der Waals surface area contributed by atoms with E-state index in [4.69, 9.17) is 0 Å². The van der Waals surface area contributed by atoms with Crippen LogP contribution in [0.2, 0.25) is 0 Å². The fraction of sp³-hybridized carbons (Fsp3) is 0.769. The Morgan fingerprint density at radius 2 is 2.00 bits per heavy atom. The Morgan fingerprint density at radius 3 is 2.60 bits per heavy atom. The van der Waals surface area contributed by atoms with Crippen molar-refractivity contribution in [2.75, 3.05) is 13.2 Å². The summed E-state index contributed by atoms with van der Waals surface area (Å²) in [6, 6.07) is 0. The van der Waals surface area contributed by atoms with Gasteiger partial charge in [-0.2, -0.15) is 13.2 Å². The second-order valence-corrected chi connectivity index (χ2v) is 5.66. The van der Waals surface area contributed by atoms with Crippen LogP contribution in [-0.2, 0) is 17.8 Å². The molecule has 20 heavy (non-hydrogen) atoms. The number of aromatic nitrogens is 2. The second kappa shape index (κ2) is 7.08. The SMILES string of the molecule is CC(C)(C)NCc1nccn1CCCOCC(F)(F)F. The van der Waals surface area contributed by atoms with Crippen molar-refractivity contribution < 1.29 is 17.9 Å². The summed E-state index contributed by atoms with van der Waals surface area (Å²) < 4.78 is 42.2. The molecule has 4 nitrogen and oxygen atoms in total. The van der Waals surface area contributed by atoms with Gasteiger partial charge < -0.3 is 14.6 Å². The minimum atomic E-state index is -4.25. The number of hydrogen-bond acceptors (Lipinski definition) is 3. The molecule has 1 N–H and O–H groups in total. The molecule has 0 radical (unpaired) electrons. The first-order chi connectivity index (χ1) is 9.17. The summed E-state index contributed by atoms with van der Waals surface area (Å²) in [7, 11) is 0. The molecule has 116 valence electrons.